The Morgan fingerprint density at radius 3 is 2.37 bits per heavy atom. The van der Waals surface area contributed by atoms with Gasteiger partial charge in [0.25, 0.3) is 0 Å². The molecule has 0 aliphatic carbocycles. The van der Waals surface area contributed by atoms with Crippen LogP contribution in [-0.2, 0) is 25.5 Å². The number of fused-ring (bicyclic) bond motifs is 1. The van der Waals surface area contributed by atoms with E-state index in [1.54, 1.807) is 6.20 Å². The van der Waals surface area contributed by atoms with Gasteiger partial charge in [0.2, 0.25) is 11.8 Å². The van der Waals surface area contributed by atoms with Crippen LogP contribution in [0, 0.1) is 5.92 Å². The first kappa shape index (κ1) is 20.3. The van der Waals surface area contributed by atoms with E-state index in [0.29, 0.717) is 11.2 Å². The molecule has 8 heteroatoms. The molecule has 8 nitrogen and oxygen atoms in total. The first-order chi connectivity index (χ1) is 12.8. The Kier molecular flexibility index (Phi) is 6.81. The summed E-state index contributed by atoms with van der Waals surface area (Å²) in [6, 6.07) is 5.68. The second-order valence-corrected chi connectivity index (χ2v) is 6.56. The van der Waals surface area contributed by atoms with Crippen molar-refractivity contribution in [3.05, 3.63) is 36.2 Å². The lowest BCUT2D eigenvalue weighted by molar-refractivity contribution is -0.145. The number of amides is 2. The number of aromatic nitrogens is 2. The van der Waals surface area contributed by atoms with Crippen molar-refractivity contribution >= 4 is 28.8 Å². The van der Waals surface area contributed by atoms with Crippen LogP contribution in [0.4, 0.5) is 0 Å². The third-order valence-corrected chi connectivity index (χ3v) is 4.02. The number of hydrogen-bond acceptors (Lipinski definition) is 6. The van der Waals surface area contributed by atoms with Crippen molar-refractivity contribution in [2.75, 3.05) is 7.11 Å². The molecule has 0 radical (unpaired) electrons. The zero-order valence-corrected chi connectivity index (χ0v) is 15.9. The number of carbonyl (C=O) groups is 3. The van der Waals surface area contributed by atoms with Crippen molar-refractivity contribution in [1.82, 2.24) is 20.6 Å². The number of ether oxygens (including phenoxy) is 1. The molecule has 2 amide bonds. The minimum Gasteiger partial charge on any atom is -0.467 e. The van der Waals surface area contributed by atoms with E-state index < -0.39 is 24.0 Å². The van der Waals surface area contributed by atoms with Gasteiger partial charge in [-0.25, -0.2) is 9.78 Å². The second-order valence-electron chi connectivity index (χ2n) is 6.56. The van der Waals surface area contributed by atoms with Gasteiger partial charge in [-0.15, -0.1) is 0 Å². The van der Waals surface area contributed by atoms with Gasteiger partial charge < -0.3 is 15.4 Å². The van der Waals surface area contributed by atoms with Gasteiger partial charge in [-0.3, -0.25) is 14.6 Å². The van der Waals surface area contributed by atoms with Crippen molar-refractivity contribution in [2.45, 2.75) is 39.3 Å². The lowest BCUT2D eigenvalue weighted by atomic mass is 10.0. The van der Waals surface area contributed by atoms with Crippen LogP contribution >= 0.6 is 0 Å². The quantitative estimate of drug-likeness (QED) is 0.702. The molecule has 0 aliphatic rings. The molecule has 1 heterocycles. The first-order valence-corrected chi connectivity index (χ1v) is 8.67. The molecule has 0 bridgehead atoms. The number of methoxy groups -OCH3 is 1. The van der Waals surface area contributed by atoms with Gasteiger partial charge in [0.1, 0.15) is 12.1 Å². The van der Waals surface area contributed by atoms with E-state index in [-0.39, 0.29) is 18.2 Å². The van der Waals surface area contributed by atoms with E-state index in [4.69, 9.17) is 4.74 Å². The molecular formula is C19H24N4O4. The average molecular weight is 372 g/mol. The van der Waals surface area contributed by atoms with Crippen LogP contribution in [0.2, 0.25) is 0 Å². The van der Waals surface area contributed by atoms with Crippen LogP contribution in [0.3, 0.4) is 0 Å². The highest BCUT2D eigenvalue weighted by Crippen LogP contribution is 2.11. The molecule has 2 rings (SSSR count). The van der Waals surface area contributed by atoms with E-state index in [1.165, 1.54) is 14.0 Å². The zero-order valence-electron chi connectivity index (χ0n) is 15.9. The Hall–Kier alpha value is -3.03. The number of carbonyl (C=O) groups excluding carboxylic acids is 3. The van der Waals surface area contributed by atoms with Gasteiger partial charge in [-0.1, -0.05) is 26.0 Å². The molecule has 2 aromatic rings. The highest BCUT2D eigenvalue weighted by Gasteiger charge is 2.29. The summed E-state index contributed by atoms with van der Waals surface area (Å²) in [5.41, 5.74) is 1.98. The smallest absolute Gasteiger partial charge is 0.328 e. The standard InChI is InChI=1S/C19H24N4O4/c1-11(2)17(21-12(3)24)18(25)23-16(19(26)27-4)9-13-10-20-14-7-5-6-8-15(14)22-13/h5-8,10-11,16-17H,9H2,1-4H3,(H,21,24)(H,23,25)/t16-,17+/m0/s1. The van der Waals surface area contributed by atoms with Crippen LogP contribution < -0.4 is 10.6 Å². The van der Waals surface area contributed by atoms with Crippen molar-refractivity contribution in [3.63, 3.8) is 0 Å². The number of nitrogens with one attached hydrogen (secondary N) is 2. The maximum Gasteiger partial charge on any atom is 0.328 e. The molecule has 1 aromatic carbocycles. The summed E-state index contributed by atoms with van der Waals surface area (Å²) >= 11 is 0. The summed E-state index contributed by atoms with van der Waals surface area (Å²) in [5, 5.41) is 5.25. The Morgan fingerprint density at radius 1 is 1.11 bits per heavy atom. The van der Waals surface area contributed by atoms with Crippen molar-refractivity contribution in [2.24, 2.45) is 5.92 Å². The molecule has 2 atom stereocenters. The van der Waals surface area contributed by atoms with Crippen LogP contribution in [0.5, 0.6) is 0 Å². The largest absolute Gasteiger partial charge is 0.467 e. The number of para-hydroxylation sites is 2. The van der Waals surface area contributed by atoms with Crippen molar-refractivity contribution < 1.29 is 19.1 Å². The molecule has 27 heavy (non-hydrogen) atoms. The Balaban J connectivity index is 2.19. The van der Waals surface area contributed by atoms with Gasteiger partial charge in [0.05, 0.1) is 23.8 Å². The maximum absolute atomic E-state index is 12.6. The maximum atomic E-state index is 12.6. The highest BCUT2D eigenvalue weighted by molar-refractivity contribution is 5.90. The number of nitrogens with zero attached hydrogens (tertiary/aromatic N) is 2. The van der Waals surface area contributed by atoms with Crippen molar-refractivity contribution in [1.29, 1.82) is 0 Å². The van der Waals surface area contributed by atoms with Gasteiger partial charge in [0.15, 0.2) is 0 Å². The van der Waals surface area contributed by atoms with E-state index in [0.717, 1.165) is 5.52 Å². The minimum absolute atomic E-state index is 0.126. The topological polar surface area (TPSA) is 110 Å². The molecule has 0 spiro atoms. The molecule has 0 unspecified atom stereocenters. The number of benzene rings is 1. The third-order valence-electron chi connectivity index (χ3n) is 4.02. The van der Waals surface area contributed by atoms with Crippen LogP contribution in [0.25, 0.3) is 11.0 Å². The SMILES string of the molecule is COC(=O)[C@H](Cc1cnc2ccccc2n1)NC(=O)[C@H](NC(C)=O)C(C)C. The van der Waals surface area contributed by atoms with Gasteiger partial charge in [-0.2, -0.15) is 0 Å². The molecule has 0 fully saturated rings. The summed E-state index contributed by atoms with van der Waals surface area (Å²) in [6.07, 6.45) is 1.69. The van der Waals surface area contributed by atoms with Gasteiger partial charge in [-0.05, 0) is 18.1 Å². The van der Waals surface area contributed by atoms with E-state index in [1.807, 2.05) is 38.1 Å². The zero-order chi connectivity index (χ0) is 20.0. The lowest BCUT2D eigenvalue weighted by Gasteiger charge is -2.24. The highest BCUT2D eigenvalue weighted by atomic mass is 16.5. The fraction of sp³-hybridized carbons (Fsp3) is 0.421. The summed E-state index contributed by atoms with van der Waals surface area (Å²) in [6.45, 7) is 4.95. The minimum atomic E-state index is -0.937. The summed E-state index contributed by atoms with van der Waals surface area (Å²) < 4.78 is 4.81. The summed E-state index contributed by atoms with van der Waals surface area (Å²) in [7, 11) is 1.25. The van der Waals surface area contributed by atoms with Crippen LogP contribution in [0.1, 0.15) is 26.5 Å². The van der Waals surface area contributed by atoms with E-state index in [9.17, 15) is 14.4 Å². The average Bonchev–Trinajstić information content (AvgIpc) is 2.64. The molecule has 0 saturated carbocycles. The molecule has 0 aliphatic heterocycles. The number of rotatable bonds is 7. The summed E-state index contributed by atoms with van der Waals surface area (Å²) in [5.74, 6) is -1.51. The predicted molar refractivity (Wildman–Crippen MR) is 99.6 cm³/mol. The van der Waals surface area contributed by atoms with Crippen LogP contribution in [0.15, 0.2) is 30.5 Å². The first-order valence-electron chi connectivity index (χ1n) is 8.67. The normalized spacial score (nSPS) is 13.1. The van der Waals surface area contributed by atoms with Crippen LogP contribution in [-0.4, -0.2) is 46.9 Å². The molecule has 0 saturated heterocycles. The number of hydrogen-bond donors (Lipinski definition) is 2. The molecule has 1 aromatic heterocycles. The predicted octanol–water partition coefficient (Wildman–Crippen LogP) is 0.991. The molecule has 144 valence electrons. The Bertz CT molecular complexity index is 837. The van der Waals surface area contributed by atoms with E-state index in [2.05, 4.69) is 20.6 Å². The monoisotopic (exact) mass is 372 g/mol. The lowest BCUT2D eigenvalue weighted by Crippen LogP contribution is -2.54. The van der Waals surface area contributed by atoms with Crippen molar-refractivity contribution in [3.8, 4) is 0 Å². The van der Waals surface area contributed by atoms with E-state index >= 15 is 0 Å². The Morgan fingerprint density at radius 2 is 1.78 bits per heavy atom. The number of esters is 1. The van der Waals surface area contributed by atoms with Gasteiger partial charge >= 0.3 is 5.97 Å². The molecule has 2 N–H and O–H groups in total. The fourth-order valence-electron chi connectivity index (χ4n) is 2.65. The second kappa shape index (κ2) is 9.07. The molecular weight excluding hydrogens is 348 g/mol. The van der Waals surface area contributed by atoms with Gasteiger partial charge in [0, 0.05) is 19.5 Å². The third kappa shape index (κ3) is 5.47. The summed E-state index contributed by atoms with van der Waals surface area (Å²) in [4.78, 5) is 44.9. The fourth-order valence-corrected chi connectivity index (χ4v) is 2.65. The Labute approximate surface area is 157 Å².